The highest BCUT2D eigenvalue weighted by molar-refractivity contribution is 5.94. The van der Waals surface area contributed by atoms with Crippen LogP contribution >= 0.6 is 0 Å². The van der Waals surface area contributed by atoms with Gasteiger partial charge in [0.05, 0.1) is 11.8 Å². The molecule has 1 aliphatic rings. The fourth-order valence-electron chi connectivity index (χ4n) is 2.28. The third kappa shape index (κ3) is 2.57. The molecule has 1 N–H and O–H groups in total. The predicted molar refractivity (Wildman–Crippen MR) is 64.8 cm³/mol. The highest BCUT2D eigenvalue weighted by Gasteiger charge is 2.27. The summed E-state index contributed by atoms with van der Waals surface area (Å²) in [7, 11) is 0. The van der Waals surface area contributed by atoms with Gasteiger partial charge in [-0.3, -0.25) is 9.78 Å². The van der Waals surface area contributed by atoms with Crippen molar-refractivity contribution in [3.05, 3.63) is 24.0 Å². The van der Waals surface area contributed by atoms with Crippen LogP contribution in [0.5, 0.6) is 5.75 Å². The molecule has 2 unspecified atom stereocenters. The Morgan fingerprint density at radius 1 is 1.41 bits per heavy atom. The van der Waals surface area contributed by atoms with Crippen molar-refractivity contribution in [1.82, 2.24) is 9.88 Å². The molecule has 2 atom stereocenters. The number of hydrogen-bond acceptors (Lipinski definition) is 3. The lowest BCUT2D eigenvalue weighted by Crippen LogP contribution is -2.44. The van der Waals surface area contributed by atoms with Gasteiger partial charge in [-0.2, -0.15) is 0 Å². The van der Waals surface area contributed by atoms with E-state index in [0.717, 1.165) is 13.0 Å². The first kappa shape index (κ1) is 11.9. The van der Waals surface area contributed by atoms with Gasteiger partial charge in [0.25, 0.3) is 5.91 Å². The highest BCUT2D eigenvalue weighted by Crippen LogP contribution is 2.23. The number of rotatable bonds is 1. The maximum absolute atomic E-state index is 12.3. The van der Waals surface area contributed by atoms with Crippen molar-refractivity contribution in [3.63, 3.8) is 0 Å². The van der Waals surface area contributed by atoms with E-state index in [1.807, 2.05) is 4.90 Å². The average Bonchev–Trinajstić information content (AvgIpc) is 2.31. The average molecular weight is 234 g/mol. The first-order chi connectivity index (χ1) is 8.08. The topological polar surface area (TPSA) is 53.4 Å². The van der Waals surface area contributed by atoms with Gasteiger partial charge in [0, 0.05) is 18.8 Å². The number of likely N-dealkylation sites (tertiary alicyclic amines) is 1. The SMILES string of the molecule is CC1CCC(C)N(C(=O)c2cncc(O)c2)C1. The molecule has 4 heteroatoms. The molecule has 92 valence electrons. The van der Waals surface area contributed by atoms with Gasteiger partial charge in [-0.05, 0) is 31.7 Å². The van der Waals surface area contributed by atoms with Crippen molar-refractivity contribution in [2.75, 3.05) is 6.54 Å². The largest absolute Gasteiger partial charge is 0.506 e. The summed E-state index contributed by atoms with van der Waals surface area (Å²) in [4.78, 5) is 18.0. The number of pyridine rings is 1. The fraction of sp³-hybridized carbons (Fsp3) is 0.538. The molecule has 1 aliphatic heterocycles. The van der Waals surface area contributed by atoms with Crippen molar-refractivity contribution in [2.45, 2.75) is 32.7 Å². The van der Waals surface area contributed by atoms with Crippen molar-refractivity contribution in [3.8, 4) is 5.75 Å². The summed E-state index contributed by atoms with van der Waals surface area (Å²) >= 11 is 0. The molecule has 0 aliphatic carbocycles. The van der Waals surface area contributed by atoms with E-state index in [2.05, 4.69) is 18.8 Å². The molecule has 0 saturated carbocycles. The number of carbonyl (C=O) groups is 1. The van der Waals surface area contributed by atoms with E-state index in [1.165, 1.54) is 24.9 Å². The second kappa shape index (κ2) is 4.73. The number of nitrogens with zero attached hydrogens (tertiary/aromatic N) is 2. The van der Waals surface area contributed by atoms with Gasteiger partial charge in [0.1, 0.15) is 5.75 Å². The van der Waals surface area contributed by atoms with Crippen LogP contribution in [0.4, 0.5) is 0 Å². The summed E-state index contributed by atoms with van der Waals surface area (Å²) in [6.07, 6.45) is 5.05. The number of amides is 1. The molecule has 1 saturated heterocycles. The first-order valence-corrected chi connectivity index (χ1v) is 6.03. The van der Waals surface area contributed by atoms with Crippen LogP contribution in [-0.2, 0) is 0 Å². The van der Waals surface area contributed by atoms with E-state index in [4.69, 9.17) is 0 Å². The molecule has 0 radical (unpaired) electrons. The highest BCUT2D eigenvalue weighted by atomic mass is 16.3. The second-order valence-electron chi connectivity index (χ2n) is 4.92. The van der Waals surface area contributed by atoms with Gasteiger partial charge in [-0.1, -0.05) is 6.92 Å². The maximum atomic E-state index is 12.3. The fourth-order valence-corrected chi connectivity index (χ4v) is 2.28. The Hall–Kier alpha value is -1.58. The monoisotopic (exact) mass is 234 g/mol. The summed E-state index contributed by atoms with van der Waals surface area (Å²) in [6.45, 7) is 5.02. The molecule has 1 aromatic rings. The Bertz CT molecular complexity index is 420. The summed E-state index contributed by atoms with van der Waals surface area (Å²) in [5, 5.41) is 9.34. The summed E-state index contributed by atoms with van der Waals surface area (Å²) in [5.41, 5.74) is 0.464. The smallest absolute Gasteiger partial charge is 0.255 e. The summed E-state index contributed by atoms with van der Waals surface area (Å²) < 4.78 is 0. The second-order valence-corrected chi connectivity index (χ2v) is 4.92. The Labute approximate surface area is 101 Å². The third-order valence-electron chi connectivity index (χ3n) is 3.35. The molecular weight excluding hydrogens is 216 g/mol. The summed E-state index contributed by atoms with van der Waals surface area (Å²) in [5.74, 6) is 0.543. The van der Waals surface area contributed by atoms with Crippen LogP contribution in [0, 0.1) is 5.92 Å². The Balaban J connectivity index is 2.18. The van der Waals surface area contributed by atoms with Crippen LogP contribution in [0.1, 0.15) is 37.0 Å². The van der Waals surface area contributed by atoms with E-state index in [0.29, 0.717) is 11.5 Å². The molecule has 2 rings (SSSR count). The van der Waals surface area contributed by atoms with E-state index >= 15 is 0 Å². The lowest BCUT2D eigenvalue weighted by atomic mass is 9.94. The standard InChI is InChI=1S/C13H18N2O2/c1-9-3-4-10(2)15(8-9)13(17)11-5-12(16)7-14-6-11/h5-7,9-10,16H,3-4,8H2,1-2H3. The van der Waals surface area contributed by atoms with E-state index in [1.54, 1.807) is 0 Å². The number of aromatic nitrogens is 1. The minimum atomic E-state index is -0.0348. The van der Waals surface area contributed by atoms with Crippen molar-refractivity contribution < 1.29 is 9.90 Å². The van der Waals surface area contributed by atoms with Gasteiger partial charge in [-0.25, -0.2) is 0 Å². The molecule has 1 amide bonds. The zero-order valence-corrected chi connectivity index (χ0v) is 10.3. The molecule has 1 fully saturated rings. The van der Waals surface area contributed by atoms with Crippen molar-refractivity contribution >= 4 is 5.91 Å². The van der Waals surface area contributed by atoms with E-state index in [-0.39, 0.29) is 17.7 Å². The third-order valence-corrected chi connectivity index (χ3v) is 3.35. The van der Waals surface area contributed by atoms with Gasteiger partial charge >= 0.3 is 0 Å². The normalized spacial score (nSPS) is 24.7. The lowest BCUT2D eigenvalue weighted by Gasteiger charge is -2.36. The Morgan fingerprint density at radius 3 is 2.88 bits per heavy atom. The number of hydrogen-bond donors (Lipinski definition) is 1. The maximum Gasteiger partial charge on any atom is 0.255 e. The molecule has 0 aromatic carbocycles. The van der Waals surface area contributed by atoms with Crippen LogP contribution in [0.15, 0.2) is 18.5 Å². The van der Waals surface area contributed by atoms with E-state index in [9.17, 15) is 9.90 Å². The van der Waals surface area contributed by atoms with Crippen LogP contribution in [0.3, 0.4) is 0 Å². The lowest BCUT2D eigenvalue weighted by molar-refractivity contribution is 0.0573. The molecule has 0 bridgehead atoms. The quantitative estimate of drug-likeness (QED) is 0.809. The molecular formula is C13H18N2O2. The molecule has 2 heterocycles. The summed E-state index contributed by atoms with van der Waals surface area (Å²) in [6, 6.07) is 1.74. The number of piperidine rings is 1. The van der Waals surface area contributed by atoms with Gasteiger partial charge in [0.2, 0.25) is 0 Å². The Kier molecular flexibility index (Phi) is 3.31. The molecule has 1 aromatic heterocycles. The molecule has 17 heavy (non-hydrogen) atoms. The first-order valence-electron chi connectivity index (χ1n) is 6.03. The van der Waals surface area contributed by atoms with Crippen LogP contribution in [-0.4, -0.2) is 33.5 Å². The van der Waals surface area contributed by atoms with Crippen LogP contribution in [0.25, 0.3) is 0 Å². The minimum Gasteiger partial charge on any atom is -0.506 e. The zero-order valence-electron chi connectivity index (χ0n) is 10.3. The van der Waals surface area contributed by atoms with E-state index < -0.39 is 0 Å². The minimum absolute atomic E-state index is 0.0348. The van der Waals surface area contributed by atoms with Gasteiger partial charge in [-0.15, -0.1) is 0 Å². The predicted octanol–water partition coefficient (Wildman–Crippen LogP) is 2.05. The van der Waals surface area contributed by atoms with Gasteiger partial charge < -0.3 is 10.0 Å². The van der Waals surface area contributed by atoms with Crippen molar-refractivity contribution in [1.29, 1.82) is 0 Å². The van der Waals surface area contributed by atoms with Gasteiger partial charge in [0.15, 0.2) is 0 Å². The number of carbonyl (C=O) groups excluding carboxylic acids is 1. The zero-order chi connectivity index (χ0) is 12.4. The number of aromatic hydroxyl groups is 1. The van der Waals surface area contributed by atoms with Crippen LogP contribution in [0.2, 0.25) is 0 Å². The Morgan fingerprint density at radius 2 is 2.18 bits per heavy atom. The molecule has 0 spiro atoms. The van der Waals surface area contributed by atoms with Crippen LogP contribution < -0.4 is 0 Å². The van der Waals surface area contributed by atoms with Crippen molar-refractivity contribution in [2.24, 2.45) is 5.92 Å². The molecule has 4 nitrogen and oxygen atoms in total.